The van der Waals surface area contributed by atoms with E-state index < -0.39 is 0 Å². The molecule has 3 N–H and O–H groups in total. The number of anilines is 2. The fraction of sp³-hybridized carbons (Fsp3) is 0.600. The van der Waals surface area contributed by atoms with E-state index in [1.165, 1.54) is 0 Å². The van der Waals surface area contributed by atoms with Crippen LogP contribution in [0.25, 0.3) is 0 Å². The highest BCUT2D eigenvalue weighted by Gasteiger charge is 2.36. The van der Waals surface area contributed by atoms with Crippen molar-refractivity contribution >= 4 is 23.4 Å². The predicted molar refractivity (Wildman–Crippen MR) is 113 cm³/mol. The number of nitrogens with one attached hydrogen (secondary N) is 1. The van der Waals surface area contributed by atoms with Crippen molar-refractivity contribution in [1.29, 1.82) is 0 Å². The second kappa shape index (κ2) is 8.08. The SMILES string of the molecule is CC(C)N1C(CO)=NC2=CN=C(Nc3ccnc(N4CC[C@@H](O)[C@H](C)C4)n3)CC21. The number of aliphatic hydroxyl groups excluding tert-OH is 2. The number of rotatable bonds is 4. The first-order valence-corrected chi connectivity index (χ1v) is 10.2. The van der Waals surface area contributed by atoms with E-state index in [1.54, 1.807) is 12.4 Å². The molecule has 29 heavy (non-hydrogen) atoms. The summed E-state index contributed by atoms with van der Waals surface area (Å²) in [5.41, 5.74) is 0.887. The molecule has 9 nitrogen and oxygen atoms in total. The summed E-state index contributed by atoms with van der Waals surface area (Å²) in [6.45, 7) is 7.65. The maximum absolute atomic E-state index is 9.95. The van der Waals surface area contributed by atoms with Crippen LogP contribution in [0.1, 0.15) is 33.6 Å². The molecule has 9 heteroatoms. The Morgan fingerprint density at radius 2 is 2.17 bits per heavy atom. The maximum atomic E-state index is 9.95. The lowest BCUT2D eigenvalue weighted by Crippen LogP contribution is -2.44. The normalized spacial score (nSPS) is 26.8. The second-order valence-corrected chi connectivity index (χ2v) is 8.18. The fourth-order valence-corrected chi connectivity index (χ4v) is 4.19. The van der Waals surface area contributed by atoms with E-state index in [0.29, 0.717) is 24.0 Å². The van der Waals surface area contributed by atoms with Gasteiger partial charge in [0.25, 0.3) is 0 Å². The first-order chi connectivity index (χ1) is 14.0. The van der Waals surface area contributed by atoms with Crippen LogP contribution in [0.2, 0.25) is 0 Å². The molecule has 0 saturated carbocycles. The van der Waals surface area contributed by atoms with Gasteiger partial charge in [-0.1, -0.05) is 6.92 Å². The summed E-state index contributed by atoms with van der Waals surface area (Å²) in [6, 6.07) is 2.14. The monoisotopic (exact) mass is 399 g/mol. The minimum Gasteiger partial charge on any atom is -0.393 e. The van der Waals surface area contributed by atoms with Crippen molar-refractivity contribution in [2.45, 2.75) is 51.8 Å². The van der Waals surface area contributed by atoms with E-state index in [4.69, 9.17) is 0 Å². The number of fused-ring (bicyclic) bond motifs is 1. The number of hydrogen-bond acceptors (Lipinski definition) is 9. The van der Waals surface area contributed by atoms with Crippen molar-refractivity contribution in [3.8, 4) is 0 Å². The number of nitrogens with zero attached hydrogens (tertiary/aromatic N) is 6. The zero-order chi connectivity index (χ0) is 20.5. The minimum absolute atomic E-state index is 0.0721. The van der Waals surface area contributed by atoms with Crippen molar-refractivity contribution in [2.75, 3.05) is 29.9 Å². The van der Waals surface area contributed by atoms with Crippen LogP contribution in [0.3, 0.4) is 0 Å². The summed E-state index contributed by atoms with van der Waals surface area (Å²) >= 11 is 0. The summed E-state index contributed by atoms with van der Waals surface area (Å²) < 4.78 is 0. The molecule has 1 aromatic rings. The smallest absolute Gasteiger partial charge is 0.227 e. The van der Waals surface area contributed by atoms with Crippen LogP contribution in [0.15, 0.2) is 34.1 Å². The molecule has 0 radical (unpaired) electrons. The zero-order valence-electron chi connectivity index (χ0n) is 17.2. The molecule has 0 bridgehead atoms. The van der Waals surface area contributed by atoms with Crippen LogP contribution in [0, 0.1) is 5.92 Å². The lowest BCUT2D eigenvalue weighted by atomic mass is 9.97. The van der Waals surface area contributed by atoms with Gasteiger partial charge in [-0.3, -0.25) is 0 Å². The molecule has 0 amide bonds. The Morgan fingerprint density at radius 1 is 1.34 bits per heavy atom. The Bertz CT molecular complexity index is 851. The van der Waals surface area contributed by atoms with Crippen LogP contribution in [-0.4, -0.2) is 74.6 Å². The van der Waals surface area contributed by atoms with Gasteiger partial charge < -0.3 is 25.3 Å². The van der Waals surface area contributed by atoms with E-state index >= 15 is 0 Å². The Kier molecular flexibility index (Phi) is 5.51. The maximum Gasteiger partial charge on any atom is 0.227 e. The minimum atomic E-state index is -0.258. The molecule has 4 rings (SSSR count). The van der Waals surface area contributed by atoms with Crippen molar-refractivity contribution in [2.24, 2.45) is 15.9 Å². The second-order valence-electron chi connectivity index (χ2n) is 8.18. The Morgan fingerprint density at radius 3 is 2.90 bits per heavy atom. The van der Waals surface area contributed by atoms with E-state index in [1.807, 2.05) is 13.0 Å². The van der Waals surface area contributed by atoms with Crippen molar-refractivity contribution < 1.29 is 10.2 Å². The van der Waals surface area contributed by atoms with Crippen LogP contribution in [0.5, 0.6) is 0 Å². The Balaban J connectivity index is 1.48. The molecule has 0 aromatic carbocycles. The lowest BCUT2D eigenvalue weighted by molar-refractivity contribution is 0.0966. The quantitative estimate of drug-likeness (QED) is 0.698. The van der Waals surface area contributed by atoms with Crippen molar-refractivity contribution in [3.05, 3.63) is 24.2 Å². The van der Waals surface area contributed by atoms with Gasteiger partial charge in [-0.25, -0.2) is 15.0 Å². The van der Waals surface area contributed by atoms with Crippen molar-refractivity contribution in [1.82, 2.24) is 14.9 Å². The summed E-state index contributed by atoms with van der Waals surface area (Å²) in [5.74, 6) is 3.06. The molecular weight excluding hydrogens is 370 g/mol. The topological polar surface area (TPSA) is 109 Å². The molecule has 156 valence electrons. The number of aromatic nitrogens is 2. The Labute approximate surface area is 170 Å². The molecular formula is C20H29N7O2. The van der Waals surface area contributed by atoms with Gasteiger partial charge in [-0.15, -0.1) is 0 Å². The standard InChI is InChI=1S/C20H29N7O2/c1-12(2)27-15-8-18(22-9-14(15)23-19(27)11-28)24-17-4-6-21-20(25-17)26-7-5-16(29)13(3)10-26/h4,6,9,12-13,15-16,28-29H,5,7-8,10-11H2,1-3H3,(H,21,22,24,25)/t13-,15?,16-/m1/s1. The van der Waals surface area contributed by atoms with Crippen LogP contribution in [0.4, 0.5) is 11.8 Å². The fourth-order valence-electron chi connectivity index (χ4n) is 4.19. The molecule has 0 aliphatic carbocycles. The Hall–Kier alpha value is -2.52. The summed E-state index contributed by atoms with van der Waals surface area (Å²) in [7, 11) is 0. The molecule has 1 aromatic heterocycles. The van der Waals surface area contributed by atoms with E-state index in [-0.39, 0.29) is 30.7 Å². The van der Waals surface area contributed by atoms with Gasteiger partial charge in [0.2, 0.25) is 5.95 Å². The molecule has 3 aliphatic heterocycles. The summed E-state index contributed by atoms with van der Waals surface area (Å²) in [5, 5.41) is 22.9. The summed E-state index contributed by atoms with van der Waals surface area (Å²) in [6.07, 6.45) is 4.65. The third kappa shape index (κ3) is 3.97. The highest BCUT2D eigenvalue weighted by Crippen LogP contribution is 2.29. The predicted octanol–water partition coefficient (Wildman–Crippen LogP) is 1.22. The molecule has 3 atom stereocenters. The van der Waals surface area contributed by atoms with Crippen molar-refractivity contribution in [3.63, 3.8) is 0 Å². The van der Waals surface area contributed by atoms with Gasteiger partial charge >= 0.3 is 0 Å². The van der Waals surface area contributed by atoms with E-state index in [0.717, 1.165) is 31.0 Å². The molecule has 4 heterocycles. The van der Waals surface area contributed by atoms with Gasteiger partial charge in [-0.2, -0.15) is 4.98 Å². The molecule has 1 fully saturated rings. The van der Waals surface area contributed by atoms with Gasteiger partial charge in [0.05, 0.1) is 24.0 Å². The number of piperidine rings is 1. The number of amidine groups is 2. The number of aliphatic hydroxyl groups is 2. The lowest BCUT2D eigenvalue weighted by Gasteiger charge is -2.34. The molecule has 0 spiro atoms. The largest absolute Gasteiger partial charge is 0.393 e. The third-order valence-electron chi connectivity index (χ3n) is 5.73. The molecule has 1 saturated heterocycles. The van der Waals surface area contributed by atoms with Gasteiger partial charge in [-0.05, 0) is 32.3 Å². The zero-order valence-corrected chi connectivity index (χ0v) is 17.2. The van der Waals surface area contributed by atoms with Crippen LogP contribution >= 0.6 is 0 Å². The average Bonchev–Trinajstić information content (AvgIpc) is 3.08. The highest BCUT2D eigenvalue weighted by molar-refractivity contribution is 5.98. The third-order valence-corrected chi connectivity index (χ3v) is 5.73. The molecule has 1 unspecified atom stereocenters. The van der Waals surface area contributed by atoms with E-state index in [9.17, 15) is 10.2 Å². The van der Waals surface area contributed by atoms with E-state index in [2.05, 4.69) is 48.9 Å². The van der Waals surface area contributed by atoms with Crippen LogP contribution < -0.4 is 10.2 Å². The number of aliphatic imine (C=N–C) groups is 2. The molecule has 3 aliphatic rings. The highest BCUT2D eigenvalue weighted by atomic mass is 16.3. The van der Waals surface area contributed by atoms with Crippen LogP contribution in [-0.2, 0) is 0 Å². The average molecular weight is 399 g/mol. The first kappa shape index (κ1) is 19.8. The number of hydrogen-bond donors (Lipinski definition) is 3. The first-order valence-electron chi connectivity index (χ1n) is 10.2. The van der Waals surface area contributed by atoms with Gasteiger partial charge in [0, 0.05) is 31.7 Å². The summed E-state index contributed by atoms with van der Waals surface area (Å²) in [4.78, 5) is 22.4. The van der Waals surface area contributed by atoms with Gasteiger partial charge in [0.1, 0.15) is 24.1 Å². The van der Waals surface area contributed by atoms with Gasteiger partial charge in [0.15, 0.2) is 0 Å².